The van der Waals surface area contributed by atoms with Crippen molar-refractivity contribution in [3.05, 3.63) is 28.8 Å². The van der Waals surface area contributed by atoms with E-state index in [2.05, 4.69) is 0 Å². The van der Waals surface area contributed by atoms with Gasteiger partial charge in [0.2, 0.25) is 5.91 Å². The molecule has 1 fully saturated rings. The molecule has 0 atom stereocenters. The molecule has 1 aromatic rings. The fraction of sp³-hybridized carbons (Fsp3) is 0.429. The van der Waals surface area contributed by atoms with Gasteiger partial charge in [-0.2, -0.15) is 0 Å². The van der Waals surface area contributed by atoms with Crippen molar-refractivity contribution in [2.45, 2.75) is 31.7 Å². The van der Waals surface area contributed by atoms with Crippen molar-refractivity contribution < 1.29 is 9.59 Å². The Bertz CT molecular complexity index is 527. The van der Waals surface area contributed by atoms with Crippen molar-refractivity contribution in [3.8, 4) is 0 Å². The summed E-state index contributed by atoms with van der Waals surface area (Å²) in [6, 6.07) is 4.81. The van der Waals surface area contributed by atoms with Crippen LogP contribution in [0.15, 0.2) is 18.2 Å². The average molecular weight is 296 g/mol. The molecule has 1 saturated carbocycles. The number of hydrogen-bond donors (Lipinski definition) is 2. The highest BCUT2D eigenvalue weighted by molar-refractivity contribution is 6.33. The van der Waals surface area contributed by atoms with Gasteiger partial charge in [0.05, 0.1) is 17.3 Å². The smallest absolute Gasteiger partial charge is 0.254 e. The summed E-state index contributed by atoms with van der Waals surface area (Å²) in [5.41, 5.74) is 11.8. The fourth-order valence-electron chi connectivity index (χ4n) is 2.59. The first kappa shape index (κ1) is 14.7. The molecule has 108 valence electrons. The highest BCUT2D eigenvalue weighted by atomic mass is 35.5. The molecule has 5 nitrogen and oxygen atoms in total. The van der Waals surface area contributed by atoms with Crippen LogP contribution in [0.1, 0.15) is 36.0 Å². The molecule has 4 N–H and O–H groups in total. The summed E-state index contributed by atoms with van der Waals surface area (Å²) in [6.07, 6.45) is 3.94. The topological polar surface area (TPSA) is 89.4 Å². The van der Waals surface area contributed by atoms with Gasteiger partial charge in [0, 0.05) is 11.6 Å². The number of nitrogens with zero attached hydrogens (tertiary/aromatic N) is 1. The Kier molecular flexibility index (Phi) is 4.49. The van der Waals surface area contributed by atoms with E-state index in [9.17, 15) is 9.59 Å². The van der Waals surface area contributed by atoms with Crippen molar-refractivity contribution in [2.75, 3.05) is 12.3 Å². The minimum absolute atomic E-state index is 0.0635. The number of halogens is 1. The number of anilines is 1. The van der Waals surface area contributed by atoms with Gasteiger partial charge in [0.1, 0.15) is 0 Å². The Morgan fingerprint density at radius 2 is 1.95 bits per heavy atom. The number of nitrogen functional groups attached to an aromatic ring is 1. The van der Waals surface area contributed by atoms with Crippen molar-refractivity contribution in [1.82, 2.24) is 4.90 Å². The van der Waals surface area contributed by atoms with E-state index < -0.39 is 5.91 Å². The Morgan fingerprint density at radius 3 is 2.50 bits per heavy atom. The van der Waals surface area contributed by atoms with E-state index in [-0.39, 0.29) is 18.5 Å². The van der Waals surface area contributed by atoms with Gasteiger partial charge in [-0.1, -0.05) is 24.4 Å². The van der Waals surface area contributed by atoms with Crippen molar-refractivity contribution in [3.63, 3.8) is 0 Å². The Morgan fingerprint density at radius 1 is 1.30 bits per heavy atom. The molecule has 1 aliphatic carbocycles. The van der Waals surface area contributed by atoms with Crippen LogP contribution < -0.4 is 11.5 Å². The zero-order valence-electron chi connectivity index (χ0n) is 11.1. The molecule has 0 unspecified atom stereocenters. The summed E-state index contributed by atoms with van der Waals surface area (Å²) in [5.74, 6) is -0.730. The normalized spacial score (nSPS) is 15.2. The summed E-state index contributed by atoms with van der Waals surface area (Å²) in [4.78, 5) is 25.3. The van der Waals surface area contributed by atoms with Gasteiger partial charge >= 0.3 is 0 Å². The molecule has 2 amide bonds. The molecule has 0 radical (unpaired) electrons. The van der Waals surface area contributed by atoms with Gasteiger partial charge in [-0.25, -0.2) is 0 Å². The third-order valence-corrected chi connectivity index (χ3v) is 3.94. The van der Waals surface area contributed by atoms with Crippen LogP contribution in [-0.4, -0.2) is 29.3 Å². The highest BCUT2D eigenvalue weighted by Gasteiger charge is 2.28. The quantitative estimate of drug-likeness (QED) is 0.830. The lowest BCUT2D eigenvalue weighted by Gasteiger charge is -2.28. The Balaban J connectivity index is 2.24. The molecule has 6 heteroatoms. The standard InChI is InChI=1S/C14H18ClN3O2/c15-11-6-5-9(7-12(11)16)14(20)18(8-13(17)19)10-3-1-2-4-10/h5-7,10H,1-4,8,16H2,(H2,17,19). The van der Waals surface area contributed by atoms with Crippen molar-refractivity contribution >= 4 is 29.1 Å². The zero-order valence-corrected chi connectivity index (χ0v) is 11.9. The molecular formula is C14H18ClN3O2. The second kappa shape index (κ2) is 6.13. The summed E-state index contributed by atoms with van der Waals surface area (Å²) >= 11 is 5.85. The first-order valence-corrected chi connectivity index (χ1v) is 7.01. The Labute approximate surface area is 122 Å². The van der Waals surface area contributed by atoms with E-state index in [1.54, 1.807) is 17.0 Å². The van der Waals surface area contributed by atoms with Gasteiger partial charge in [0.15, 0.2) is 0 Å². The SMILES string of the molecule is NC(=O)CN(C(=O)c1ccc(Cl)c(N)c1)C1CCCC1. The summed E-state index contributed by atoms with van der Waals surface area (Å²) in [6.45, 7) is -0.0635. The van der Waals surface area contributed by atoms with Crippen LogP contribution in [0, 0.1) is 0 Å². The van der Waals surface area contributed by atoms with Gasteiger partial charge < -0.3 is 16.4 Å². The van der Waals surface area contributed by atoms with Gasteiger partial charge in [0.25, 0.3) is 5.91 Å². The zero-order chi connectivity index (χ0) is 14.7. The lowest BCUT2D eigenvalue weighted by Crippen LogP contribution is -2.44. The molecular weight excluding hydrogens is 278 g/mol. The summed E-state index contributed by atoms with van der Waals surface area (Å²) in [7, 11) is 0. The first-order chi connectivity index (χ1) is 9.49. The van der Waals surface area contributed by atoms with Crippen LogP contribution >= 0.6 is 11.6 Å². The van der Waals surface area contributed by atoms with Crippen molar-refractivity contribution in [2.24, 2.45) is 5.73 Å². The van der Waals surface area contributed by atoms with E-state index in [0.717, 1.165) is 25.7 Å². The monoisotopic (exact) mass is 295 g/mol. The molecule has 0 heterocycles. The fourth-order valence-corrected chi connectivity index (χ4v) is 2.71. The lowest BCUT2D eigenvalue weighted by atomic mass is 10.1. The van der Waals surface area contributed by atoms with E-state index in [0.29, 0.717) is 16.3 Å². The van der Waals surface area contributed by atoms with E-state index in [1.165, 1.54) is 6.07 Å². The largest absolute Gasteiger partial charge is 0.398 e. The highest BCUT2D eigenvalue weighted by Crippen LogP contribution is 2.26. The Hall–Kier alpha value is -1.75. The minimum atomic E-state index is -0.507. The second-order valence-electron chi connectivity index (χ2n) is 5.07. The number of hydrogen-bond acceptors (Lipinski definition) is 3. The molecule has 1 aromatic carbocycles. The van der Waals surface area contributed by atoms with Crippen LogP contribution in [0.2, 0.25) is 5.02 Å². The third kappa shape index (κ3) is 3.22. The predicted octanol–water partition coefficient (Wildman–Crippen LogP) is 1.79. The molecule has 0 aromatic heterocycles. The molecule has 0 spiro atoms. The number of nitrogens with two attached hydrogens (primary N) is 2. The summed E-state index contributed by atoms with van der Waals surface area (Å²) in [5, 5.41) is 0.406. The number of primary amides is 1. The number of carbonyl (C=O) groups is 2. The molecule has 20 heavy (non-hydrogen) atoms. The molecule has 1 aliphatic rings. The molecule has 0 saturated heterocycles. The minimum Gasteiger partial charge on any atom is -0.398 e. The van der Waals surface area contributed by atoms with Crippen LogP contribution in [0.4, 0.5) is 5.69 Å². The number of benzene rings is 1. The van der Waals surface area contributed by atoms with Gasteiger partial charge in [-0.3, -0.25) is 9.59 Å². The predicted molar refractivity (Wildman–Crippen MR) is 78.4 cm³/mol. The van der Waals surface area contributed by atoms with Crippen molar-refractivity contribution in [1.29, 1.82) is 0 Å². The second-order valence-corrected chi connectivity index (χ2v) is 5.48. The maximum Gasteiger partial charge on any atom is 0.254 e. The van der Waals surface area contributed by atoms with E-state index >= 15 is 0 Å². The van der Waals surface area contributed by atoms with Crippen LogP contribution in [-0.2, 0) is 4.79 Å². The number of rotatable bonds is 4. The third-order valence-electron chi connectivity index (χ3n) is 3.60. The number of amides is 2. The van der Waals surface area contributed by atoms with Gasteiger partial charge in [-0.15, -0.1) is 0 Å². The molecule has 0 aliphatic heterocycles. The van der Waals surface area contributed by atoms with Crippen LogP contribution in [0.3, 0.4) is 0 Å². The maximum atomic E-state index is 12.6. The molecule has 2 rings (SSSR count). The number of carbonyl (C=O) groups excluding carboxylic acids is 2. The lowest BCUT2D eigenvalue weighted by molar-refractivity contribution is -0.119. The van der Waals surface area contributed by atoms with E-state index in [4.69, 9.17) is 23.1 Å². The average Bonchev–Trinajstić information content (AvgIpc) is 2.92. The van der Waals surface area contributed by atoms with E-state index in [1.807, 2.05) is 0 Å². The van der Waals surface area contributed by atoms with Crippen LogP contribution in [0.5, 0.6) is 0 Å². The first-order valence-electron chi connectivity index (χ1n) is 6.63. The maximum absolute atomic E-state index is 12.6. The van der Waals surface area contributed by atoms with Gasteiger partial charge in [-0.05, 0) is 31.0 Å². The summed E-state index contributed by atoms with van der Waals surface area (Å²) < 4.78 is 0. The van der Waals surface area contributed by atoms with Crippen LogP contribution in [0.25, 0.3) is 0 Å². The molecule has 0 bridgehead atoms.